The lowest BCUT2D eigenvalue weighted by Gasteiger charge is -2.34. The number of nitrogens with one attached hydrogen (secondary N) is 2. The maximum Gasteiger partial charge on any atom is 0.241 e. The molecule has 0 spiro atoms. The lowest BCUT2D eigenvalue weighted by Crippen LogP contribution is -2.52. The van der Waals surface area contributed by atoms with E-state index in [9.17, 15) is 4.79 Å². The fourth-order valence-electron chi connectivity index (χ4n) is 3.86. The Morgan fingerprint density at radius 3 is 2.88 bits per heavy atom. The second-order valence-corrected chi connectivity index (χ2v) is 7.10. The summed E-state index contributed by atoms with van der Waals surface area (Å²) < 4.78 is 5.97. The van der Waals surface area contributed by atoms with Crippen LogP contribution >= 0.6 is 0 Å². The standard InChI is InChI=1S/C20H25N3O2/c1-14-11-19(22-21-14)20(24)23-9-10-25-17(13-23)12-16-7-4-6-15-5-2-3-8-18(15)16/h2-8,14,17,19,21-22H,9-13H2,1H3. The van der Waals surface area contributed by atoms with Crippen molar-refractivity contribution in [2.24, 2.45) is 0 Å². The molecule has 0 saturated carbocycles. The first-order valence-electron chi connectivity index (χ1n) is 9.09. The van der Waals surface area contributed by atoms with E-state index in [1.54, 1.807) is 0 Å². The fraction of sp³-hybridized carbons (Fsp3) is 0.450. The van der Waals surface area contributed by atoms with Gasteiger partial charge in [-0.1, -0.05) is 42.5 Å². The molecule has 3 atom stereocenters. The molecule has 0 aliphatic carbocycles. The summed E-state index contributed by atoms with van der Waals surface area (Å²) >= 11 is 0. The second kappa shape index (κ2) is 7.12. The van der Waals surface area contributed by atoms with Crippen LogP contribution in [0.25, 0.3) is 10.8 Å². The number of amides is 1. The van der Waals surface area contributed by atoms with E-state index in [0.29, 0.717) is 25.7 Å². The molecule has 132 valence electrons. The van der Waals surface area contributed by atoms with Crippen LogP contribution in [0.3, 0.4) is 0 Å². The lowest BCUT2D eigenvalue weighted by molar-refractivity contribution is -0.140. The summed E-state index contributed by atoms with van der Waals surface area (Å²) in [5, 5.41) is 2.52. The number of carbonyl (C=O) groups is 1. The predicted molar refractivity (Wildman–Crippen MR) is 98.1 cm³/mol. The molecule has 0 aromatic heterocycles. The van der Waals surface area contributed by atoms with Crippen molar-refractivity contribution in [3.05, 3.63) is 48.0 Å². The molecule has 2 fully saturated rings. The van der Waals surface area contributed by atoms with Crippen LogP contribution in [0.15, 0.2) is 42.5 Å². The van der Waals surface area contributed by atoms with Crippen LogP contribution in [-0.2, 0) is 16.0 Å². The van der Waals surface area contributed by atoms with E-state index in [-0.39, 0.29) is 18.1 Å². The topological polar surface area (TPSA) is 53.6 Å². The number of morpholine rings is 1. The molecule has 25 heavy (non-hydrogen) atoms. The zero-order chi connectivity index (χ0) is 17.2. The number of hydrogen-bond donors (Lipinski definition) is 2. The minimum absolute atomic E-state index is 0.0512. The number of rotatable bonds is 3. The summed E-state index contributed by atoms with van der Waals surface area (Å²) in [5.74, 6) is 0.183. The zero-order valence-corrected chi connectivity index (χ0v) is 14.6. The number of nitrogens with zero attached hydrogens (tertiary/aromatic N) is 1. The Hall–Kier alpha value is -1.95. The van der Waals surface area contributed by atoms with E-state index in [4.69, 9.17) is 4.74 Å². The van der Waals surface area contributed by atoms with Crippen LogP contribution in [-0.4, -0.2) is 48.7 Å². The number of ether oxygens (including phenoxy) is 1. The van der Waals surface area contributed by atoms with Gasteiger partial charge in [0, 0.05) is 25.6 Å². The highest BCUT2D eigenvalue weighted by molar-refractivity contribution is 5.85. The van der Waals surface area contributed by atoms with Gasteiger partial charge in [-0.3, -0.25) is 10.2 Å². The van der Waals surface area contributed by atoms with E-state index >= 15 is 0 Å². The maximum absolute atomic E-state index is 12.7. The molecule has 3 unspecified atom stereocenters. The average molecular weight is 339 g/mol. The SMILES string of the molecule is CC1CC(C(=O)N2CCOC(Cc3cccc4ccccc34)C2)NN1. The number of hydrogen-bond acceptors (Lipinski definition) is 4. The minimum Gasteiger partial charge on any atom is -0.374 e. The highest BCUT2D eigenvalue weighted by Crippen LogP contribution is 2.22. The minimum atomic E-state index is -0.119. The number of carbonyl (C=O) groups excluding carboxylic acids is 1. The summed E-state index contributed by atoms with van der Waals surface area (Å²) in [6.45, 7) is 4.03. The Kier molecular flexibility index (Phi) is 4.70. The Labute approximate surface area is 148 Å². The van der Waals surface area contributed by atoms with E-state index in [1.807, 2.05) is 4.90 Å². The van der Waals surface area contributed by atoms with Crippen molar-refractivity contribution in [3.8, 4) is 0 Å². The monoisotopic (exact) mass is 339 g/mol. The summed E-state index contributed by atoms with van der Waals surface area (Å²) in [6, 6.07) is 15.0. The van der Waals surface area contributed by atoms with Crippen molar-refractivity contribution in [3.63, 3.8) is 0 Å². The fourth-order valence-corrected chi connectivity index (χ4v) is 3.86. The van der Waals surface area contributed by atoms with Gasteiger partial charge in [0.25, 0.3) is 0 Å². The molecular formula is C20H25N3O2. The molecule has 2 aliphatic rings. The van der Waals surface area contributed by atoms with Crippen molar-refractivity contribution in [1.29, 1.82) is 0 Å². The predicted octanol–water partition coefficient (Wildman–Crippen LogP) is 1.86. The summed E-state index contributed by atoms with van der Waals surface area (Å²) in [4.78, 5) is 14.7. The van der Waals surface area contributed by atoms with E-state index in [0.717, 1.165) is 12.8 Å². The molecule has 2 aliphatic heterocycles. The Bertz CT molecular complexity index is 758. The maximum atomic E-state index is 12.7. The van der Waals surface area contributed by atoms with E-state index < -0.39 is 0 Å². The van der Waals surface area contributed by atoms with Crippen molar-refractivity contribution < 1.29 is 9.53 Å². The summed E-state index contributed by atoms with van der Waals surface area (Å²) in [6.07, 6.45) is 1.72. The first kappa shape index (κ1) is 16.5. The van der Waals surface area contributed by atoms with Crippen LogP contribution in [0.2, 0.25) is 0 Å². The summed E-state index contributed by atoms with van der Waals surface area (Å²) in [7, 11) is 0. The largest absolute Gasteiger partial charge is 0.374 e. The van der Waals surface area contributed by atoms with Gasteiger partial charge in [0.2, 0.25) is 5.91 Å². The third-order valence-electron chi connectivity index (χ3n) is 5.17. The molecule has 2 aromatic rings. The van der Waals surface area contributed by atoms with Gasteiger partial charge in [0.05, 0.1) is 12.7 Å². The van der Waals surface area contributed by atoms with Crippen molar-refractivity contribution in [1.82, 2.24) is 15.8 Å². The quantitative estimate of drug-likeness (QED) is 0.896. The molecule has 2 heterocycles. The van der Waals surface area contributed by atoms with Gasteiger partial charge in [0.1, 0.15) is 6.04 Å². The molecular weight excluding hydrogens is 314 g/mol. The van der Waals surface area contributed by atoms with Gasteiger partial charge in [0.15, 0.2) is 0 Å². The zero-order valence-electron chi connectivity index (χ0n) is 14.6. The molecule has 0 radical (unpaired) electrons. The molecule has 0 bridgehead atoms. The third-order valence-corrected chi connectivity index (χ3v) is 5.17. The number of benzene rings is 2. The van der Waals surface area contributed by atoms with Gasteiger partial charge in [-0.05, 0) is 29.7 Å². The van der Waals surface area contributed by atoms with Gasteiger partial charge < -0.3 is 9.64 Å². The molecule has 5 heteroatoms. The lowest BCUT2D eigenvalue weighted by atomic mass is 9.99. The van der Waals surface area contributed by atoms with Crippen LogP contribution < -0.4 is 10.9 Å². The second-order valence-electron chi connectivity index (χ2n) is 7.10. The average Bonchev–Trinajstić information content (AvgIpc) is 3.08. The van der Waals surface area contributed by atoms with Crippen LogP contribution in [0.5, 0.6) is 0 Å². The molecule has 1 amide bonds. The van der Waals surface area contributed by atoms with E-state index in [2.05, 4.69) is 60.2 Å². The van der Waals surface area contributed by atoms with Crippen LogP contribution in [0.4, 0.5) is 0 Å². The first-order valence-corrected chi connectivity index (χ1v) is 9.09. The van der Waals surface area contributed by atoms with Gasteiger partial charge in [-0.25, -0.2) is 5.43 Å². The van der Waals surface area contributed by atoms with Gasteiger partial charge in [-0.2, -0.15) is 0 Å². The molecule has 4 rings (SSSR count). The Balaban J connectivity index is 1.45. The van der Waals surface area contributed by atoms with Gasteiger partial charge in [-0.15, -0.1) is 0 Å². The van der Waals surface area contributed by atoms with Crippen molar-refractivity contribution in [2.75, 3.05) is 19.7 Å². The highest BCUT2D eigenvalue weighted by Gasteiger charge is 2.33. The van der Waals surface area contributed by atoms with Crippen molar-refractivity contribution in [2.45, 2.75) is 38.0 Å². The Morgan fingerprint density at radius 1 is 1.20 bits per heavy atom. The first-order chi connectivity index (χ1) is 12.2. The van der Waals surface area contributed by atoms with Crippen molar-refractivity contribution >= 4 is 16.7 Å². The smallest absolute Gasteiger partial charge is 0.241 e. The van der Waals surface area contributed by atoms with Crippen LogP contribution in [0, 0.1) is 0 Å². The van der Waals surface area contributed by atoms with E-state index in [1.165, 1.54) is 16.3 Å². The third kappa shape index (κ3) is 3.54. The number of hydrazine groups is 1. The molecule has 2 N–H and O–H groups in total. The molecule has 2 saturated heterocycles. The van der Waals surface area contributed by atoms with Gasteiger partial charge >= 0.3 is 0 Å². The highest BCUT2D eigenvalue weighted by atomic mass is 16.5. The normalized spacial score (nSPS) is 26.9. The van der Waals surface area contributed by atoms with Crippen LogP contribution in [0.1, 0.15) is 18.9 Å². The summed E-state index contributed by atoms with van der Waals surface area (Å²) in [5.41, 5.74) is 7.53. The molecule has 2 aromatic carbocycles. The number of fused-ring (bicyclic) bond motifs is 1. The molecule has 5 nitrogen and oxygen atoms in total. The Morgan fingerprint density at radius 2 is 2.04 bits per heavy atom.